The molecule has 1 aromatic carbocycles. The molecule has 0 amide bonds. The van der Waals surface area contributed by atoms with E-state index in [1.54, 1.807) is 19.9 Å². The molecule has 15 heavy (non-hydrogen) atoms. The van der Waals surface area contributed by atoms with Crippen molar-refractivity contribution in [3.63, 3.8) is 0 Å². The molecule has 1 rings (SSSR count). The van der Waals surface area contributed by atoms with Gasteiger partial charge in [0.15, 0.2) is 0 Å². The fourth-order valence-electron chi connectivity index (χ4n) is 1.53. The molecule has 0 aromatic heterocycles. The highest BCUT2D eigenvalue weighted by molar-refractivity contribution is 6.31. The second kappa shape index (κ2) is 4.92. The van der Waals surface area contributed by atoms with Crippen LogP contribution in [0.3, 0.4) is 0 Å². The summed E-state index contributed by atoms with van der Waals surface area (Å²) < 4.78 is 13.6. The maximum atomic E-state index is 13.6. The number of aliphatic hydroxyl groups is 1. The third-order valence-corrected chi connectivity index (χ3v) is 2.92. The van der Waals surface area contributed by atoms with Crippen LogP contribution in [0.1, 0.15) is 29.2 Å². The molecule has 84 valence electrons. The average molecular weight is 232 g/mol. The molecule has 2 nitrogen and oxygen atoms in total. The summed E-state index contributed by atoms with van der Waals surface area (Å²) in [5.41, 5.74) is 6.72. The monoisotopic (exact) mass is 231 g/mol. The van der Waals surface area contributed by atoms with E-state index < -0.39 is 6.10 Å². The third-order valence-electron chi connectivity index (χ3n) is 2.53. The Morgan fingerprint density at radius 3 is 2.60 bits per heavy atom. The highest BCUT2D eigenvalue weighted by Gasteiger charge is 2.16. The molecule has 3 N–H and O–H groups in total. The summed E-state index contributed by atoms with van der Waals surface area (Å²) in [5, 5.41) is 10.1. The predicted molar refractivity (Wildman–Crippen MR) is 59.5 cm³/mol. The molecule has 0 bridgehead atoms. The Kier molecular flexibility index (Phi) is 4.08. The number of benzene rings is 1. The van der Waals surface area contributed by atoms with E-state index in [1.807, 2.05) is 0 Å². The first-order valence-electron chi connectivity index (χ1n) is 4.82. The number of hydrogen-bond acceptors (Lipinski definition) is 2. The fourth-order valence-corrected chi connectivity index (χ4v) is 1.73. The molecule has 4 heteroatoms. The standard InChI is InChI=1S/C11H15ClFNO/c1-6-8(10(15)3-4-14)5-9(12)7(2)11(6)13/h5,10,15H,3-4,14H2,1-2H3. The second-order valence-electron chi connectivity index (χ2n) is 3.60. The van der Waals surface area contributed by atoms with E-state index in [9.17, 15) is 9.50 Å². The van der Waals surface area contributed by atoms with Gasteiger partial charge in [-0.3, -0.25) is 0 Å². The Morgan fingerprint density at radius 2 is 2.07 bits per heavy atom. The van der Waals surface area contributed by atoms with Gasteiger partial charge in [0.1, 0.15) is 5.82 Å². The Labute approximate surface area is 93.9 Å². The van der Waals surface area contributed by atoms with Crippen LogP contribution in [0.4, 0.5) is 4.39 Å². The molecule has 0 aliphatic heterocycles. The smallest absolute Gasteiger partial charge is 0.130 e. The molecule has 1 unspecified atom stereocenters. The van der Waals surface area contributed by atoms with Crippen molar-refractivity contribution >= 4 is 11.6 Å². The lowest BCUT2D eigenvalue weighted by Gasteiger charge is -2.15. The van der Waals surface area contributed by atoms with Crippen molar-refractivity contribution < 1.29 is 9.50 Å². The lowest BCUT2D eigenvalue weighted by atomic mass is 9.98. The van der Waals surface area contributed by atoms with Gasteiger partial charge in [0.2, 0.25) is 0 Å². The topological polar surface area (TPSA) is 46.2 Å². The third kappa shape index (κ3) is 2.48. The van der Waals surface area contributed by atoms with Crippen molar-refractivity contribution in [2.24, 2.45) is 5.73 Å². The Bertz CT molecular complexity index is 368. The summed E-state index contributed by atoms with van der Waals surface area (Å²) in [4.78, 5) is 0. The van der Waals surface area contributed by atoms with Crippen molar-refractivity contribution in [1.29, 1.82) is 0 Å². The quantitative estimate of drug-likeness (QED) is 0.840. The summed E-state index contributed by atoms with van der Waals surface area (Å²) in [7, 11) is 0. The first kappa shape index (κ1) is 12.4. The number of halogens is 2. The lowest BCUT2D eigenvalue weighted by molar-refractivity contribution is 0.169. The van der Waals surface area contributed by atoms with Gasteiger partial charge >= 0.3 is 0 Å². The molecule has 0 aliphatic carbocycles. The van der Waals surface area contributed by atoms with Crippen molar-refractivity contribution in [3.05, 3.63) is 33.6 Å². The van der Waals surface area contributed by atoms with E-state index in [1.165, 1.54) is 0 Å². The maximum Gasteiger partial charge on any atom is 0.130 e. The van der Waals surface area contributed by atoms with E-state index in [2.05, 4.69) is 0 Å². The highest BCUT2D eigenvalue weighted by Crippen LogP contribution is 2.29. The largest absolute Gasteiger partial charge is 0.388 e. The summed E-state index contributed by atoms with van der Waals surface area (Å²) in [6.07, 6.45) is -0.345. The van der Waals surface area contributed by atoms with E-state index in [0.29, 0.717) is 34.7 Å². The number of aliphatic hydroxyl groups excluding tert-OH is 1. The first-order chi connectivity index (χ1) is 6.99. The van der Waals surface area contributed by atoms with Crippen LogP contribution in [0.5, 0.6) is 0 Å². The number of hydrogen-bond donors (Lipinski definition) is 2. The minimum absolute atomic E-state index is 0.337. The van der Waals surface area contributed by atoms with Crippen LogP contribution in [-0.4, -0.2) is 11.7 Å². The van der Waals surface area contributed by atoms with Gasteiger partial charge in [0, 0.05) is 10.6 Å². The van der Waals surface area contributed by atoms with Crippen molar-refractivity contribution in [3.8, 4) is 0 Å². The molecule has 1 atom stereocenters. The maximum absolute atomic E-state index is 13.6. The van der Waals surface area contributed by atoms with Crippen LogP contribution in [0, 0.1) is 19.7 Å². The van der Waals surface area contributed by atoms with Gasteiger partial charge in [-0.05, 0) is 44.0 Å². The minimum Gasteiger partial charge on any atom is -0.388 e. The highest BCUT2D eigenvalue weighted by atomic mass is 35.5. The molecule has 0 heterocycles. The zero-order valence-corrected chi connectivity index (χ0v) is 9.61. The van der Waals surface area contributed by atoms with Gasteiger partial charge in [0.05, 0.1) is 6.10 Å². The average Bonchev–Trinajstić information content (AvgIpc) is 2.20. The van der Waals surface area contributed by atoms with Crippen LogP contribution in [0.2, 0.25) is 5.02 Å². The SMILES string of the molecule is Cc1c(Cl)cc(C(O)CCN)c(C)c1F. The second-order valence-corrected chi connectivity index (χ2v) is 4.01. The van der Waals surface area contributed by atoms with Crippen LogP contribution in [0.15, 0.2) is 6.07 Å². The van der Waals surface area contributed by atoms with E-state index in [4.69, 9.17) is 17.3 Å². The van der Waals surface area contributed by atoms with Crippen LogP contribution >= 0.6 is 11.6 Å². The van der Waals surface area contributed by atoms with Crippen LogP contribution < -0.4 is 5.73 Å². The van der Waals surface area contributed by atoms with Gasteiger partial charge < -0.3 is 10.8 Å². The van der Waals surface area contributed by atoms with E-state index >= 15 is 0 Å². The van der Waals surface area contributed by atoms with Gasteiger partial charge in [-0.25, -0.2) is 4.39 Å². The summed E-state index contributed by atoms with van der Waals surface area (Å²) in [5.74, 6) is -0.353. The Balaban J connectivity index is 3.19. The summed E-state index contributed by atoms with van der Waals surface area (Å²) in [6, 6.07) is 1.61. The van der Waals surface area contributed by atoms with Gasteiger partial charge in [-0.2, -0.15) is 0 Å². The first-order valence-corrected chi connectivity index (χ1v) is 5.20. The van der Waals surface area contributed by atoms with Crippen LogP contribution in [-0.2, 0) is 0 Å². The summed E-state index contributed by atoms with van der Waals surface area (Å²) in [6.45, 7) is 3.60. The molecule has 1 aromatic rings. The molecule has 0 aliphatic rings. The lowest BCUT2D eigenvalue weighted by Crippen LogP contribution is -2.09. The molecule has 0 saturated carbocycles. The predicted octanol–water partition coefficient (Wildman–Crippen LogP) is 2.48. The van der Waals surface area contributed by atoms with Crippen LogP contribution in [0.25, 0.3) is 0 Å². The minimum atomic E-state index is -0.748. The number of rotatable bonds is 3. The van der Waals surface area contributed by atoms with E-state index in [0.717, 1.165) is 0 Å². The zero-order valence-electron chi connectivity index (χ0n) is 8.85. The number of nitrogens with two attached hydrogens (primary N) is 1. The fraction of sp³-hybridized carbons (Fsp3) is 0.455. The molecule has 0 fully saturated rings. The molecule has 0 saturated heterocycles. The van der Waals surface area contributed by atoms with Gasteiger partial charge in [-0.1, -0.05) is 11.6 Å². The van der Waals surface area contributed by atoms with Gasteiger partial charge in [-0.15, -0.1) is 0 Å². The normalized spacial score (nSPS) is 12.9. The molecule has 0 spiro atoms. The summed E-state index contributed by atoms with van der Waals surface area (Å²) >= 11 is 5.85. The molecular formula is C11H15ClFNO. The Morgan fingerprint density at radius 1 is 1.47 bits per heavy atom. The van der Waals surface area contributed by atoms with Crippen molar-refractivity contribution in [2.75, 3.05) is 6.54 Å². The van der Waals surface area contributed by atoms with Gasteiger partial charge in [0.25, 0.3) is 0 Å². The van der Waals surface area contributed by atoms with E-state index in [-0.39, 0.29) is 5.82 Å². The molecule has 0 radical (unpaired) electrons. The Hall–Kier alpha value is -0.640. The van der Waals surface area contributed by atoms with Crippen molar-refractivity contribution in [1.82, 2.24) is 0 Å². The van der Waals surface area contributed by atoms with Crippen molar-refractivity contribution in [2.45, 2.75) is 26.4 Å². The zero-order chi connectivity index (χ0) is 11.6. The molecular weight excluding hydrogens is 217 g/mol.